The van der Waals surface area contributed by atoms with E-state index in [1.54, 1.807) is 47.2 Å². The molecule has 108 heavy (non-hydrogen) atoms. The van der Waals surface area contributed by atoms with Crippen LogP contribution in [0.5, 0.6) is 0 Å². The second-order valence-electron chi connectivity index (χ2n) is 28.0. The lowest BCUT2D eigenvalue weighted by molar-refractivity contribution is -0.145. The molecule has 0 saturated carbocycles. The Bertz CT molecular complexity index is 3210. The van der Waals surface area contributed by atoms with E-state index in [9.17, 15) is 108 Å². The van der Waals surface area contributed by atoms with Crippen LogP contribution in [0.25, 0.3) is 0 Å². The topological polar surface area (TPSA) is 528 Å². The Morgan fingerprint density at radius 2 is 0.796 bits per heavy atom. The van der Waals surface area contributed by atoms with Gasteiger partial charge in [0.05, 0.1) is 45.6 Å². The molecule has 6 amide bonds. The van der Waals surface area contributed by atoms with E-state index >= 15 is 0 Å². The number of amides is 6. The van der Waals surface area contributed by atoms with Gasteiger partial charge in [-0.1, -0.05) is 72.2 Å². The zero-order valence-corrected chi connectivity index (χ0v) is 62.6. The fourth-order valence-corrected chi connectivity index (χ4v) is 12.6. The predicted molar refractivity (Wildman–Crippen MR) is 388 cm³/mol. The number of H-pyrrole nitrogens is 1. The quantitative estimate of drug-likeness (QED) is 0.0328. The third-order valence-electron chi connectivity index (χ3n) is 19.3. The molecule has 2 saturated heterocycles. The molecule has 3 heterocycles. The molecule has 1 aromatic carbocycles. The molecule has 0 radical (unpaired) electrons. The summed E-state index contributed by atoms with van der Waals surface area (Å²) in [6.07, 6.45) is 2.14. The lowest BCUT2D eigenvalue weighted by Gasteiger charge is -2.35. The molecule has 2 aliphatic heterocycles. The van der Waals surface area contributed by atoms with Gasteiger partial charge in [-0.2, -0.15) is 0 Å². The molecule has 2 fully saturated rings. The highest BCUT2D eigenvalue weighted by Gasteiger charge is 2.35. The molecular weight excluding hydrogens is 1420 g/mol. The minimum Gasteiger partial charge on any atom is -0.480 e. The Kier molecular flexibility index (Phi) is 40.0. The first kappa shape index (κ1) is 91.1. The molecule has 8 atom stereocenters. The minimum atomic E-state index is -1.42. The molecule has 5 unspecified atom stereocenters. The minimum absolute atomic E-state index is 0.00210. The van der Waals surface area contributed by atoms with E-state index in [4.69, 9.17) is 0 Å². The Morgan fingerprint density at radius 1 is 0.435 bits per heavy atom. The monoisotopic (exact) mass is 1530 g/mol. The van der Waals surface area contributed by atoms with Crippen LogP contribution in [0.2, 0.25) is 0 Å². The molecule has 2 aliphatic rings. The number of imidazole rings is 1. The van der Waals surface area contributed by atoms with E-state index < -0.39 is 166 Å². The highest BCUT2D eigenvalue weighted by atomic mass is 16.4. The Hall–Kier alpha value is -9.31. The van der Waals surface area contributed by atoms with Crippen molar-refractivity contribution in [2.24, 2.45) is 17.8 Å². The Morgan fingerprint density at radius 3 is 1.13 bits per heavy atom. The number of carboxylic acid groups (broad SMARTS) is 8. The van der Waals surface area contributed by atoms with Gasteiger partial charge in [-0.05, 0) is 48.6 Å². The maximum Gasteiger partial charge on any atom is 0.320 e. The van der Waals surface area contributed by atoms with Crippen molar-refractivity contribution in [3.8, 4) is 0 Å². The third kappa shape index (κ3) is 34.7. The second kappa shape index (κ2) is 47.5. The number of aromatic amines is 1. The maximum absolute atomic E-state index is 14.3. The van der Waals surface area contributed by atoms with Crippen molar-refractivity contribution in [1.82, 2.24) is 81.1 Å². The number of aromatic nitrogens is 2. The van der Waals surface area contributed by atoms with Crippen molar-refractivity contribution in [2.45, 2.75) is 136 Å². The van der Waals surface area contributed by atoms with E-state index in [1.807, 2.05) is 34.6 Å². The van der Waals surface area contributed by atoms with Gasteiger partial charge in [0, 0.05) is 161 Å². The summed E-state index contributed by atoms with van der Waals surface area (Å²) in [5, 5.41) is 96.1. The summed E-state index contributed by atoms with van der Waals surface area (Å²) in [6, 6.07) is 0.645. The number of rotatable bonds is 42. The summed E-state index contributed by atoms with van der Waals surface area (Å²) in [5.74, 6) is -14.4. The number of aliphatic carboxylic acids is 8. The van der Waals surface area contributed by atoms with Crippen LogP contribution in [0, 0.1) is 17.8 Å². The van der Waals surface area contributed by atoms with Crippen LogP contribution in [0.4, 0.5) is 0 Å². The maximum atomic E-state index is 14.3. The summed E-state index contributed by atoms with van der Waals surface area (Å²) < 4.78 is 0. The molecule has 604 valence electrons. The number of hydrogen-bond acceptors (Lipinski definition) is 23. The molecule has 1 aromatic heterocycles. The van der Waals surface area contributed by atoms with Crippen molar-refractivity contribution in [1.29, 1.82) is 0 Å². The molecule has 4 rings (SSSR count). The predicted octanol–water partition coefficient (Wildman–Crippen LogP) is -2.45. The molecule has 38 nitrogen and oxygen atoms in total. The fraction of sp³-hybridized carbons (Fsp3) is 0.671. The number of nitrogens with one attached hydrogen (secondary N) is 7. The van der Waals surface area contributed by atoms with Gasteiger partial charge in [0.2, 0.25) is 35.4 Å². The van der Waals surface area contributed by atoms with E-state index in [0.29, 0.717) is 17.5 Å². The van der Waals surface area contributed by atoms with Crippen LogP contribution >= 0.6 is 0 Å². The van der Waals surface area contributed by atoms with Gasteiger partial charge in [-0.15, -0.1) is 0 Å². The van der Waals surface area contributed by atoms with Crippen LogP contribution in [0.15, 0.2) is 36.8 Å². The molecule has 0 bridgehead atoms. The van der Waals surface area contributed by atoms with Crippen LogP contribution < -0.4 is 31.9 Å². The lowest BCUT2D eigenvalue weighted by Crippen LogP contribution is -2.56. The normalized spacial score (nSPS) is 18.0. The standard InChI is InChI=1S/C70H112N16O22/c1-7-46(4)64(78-65(101)48(6)47(5)53-37-71-44-75-53)68(104)77-52(34-45(2)3)67(103)74-36-50-10-8-49(9-11-50)35-73-66(102)51(76-57(88)15-13-55(70(107)108)86-32-28-83(42-62(97)98)24-20-80(39-59(91)92)21-25-84(29-33-86)43-63(99)100)16-17-72-56(87)14-12-54(69(105)106)85-30-26-81(40-60(93)94)22-18-79(38-58(89)90)19-23-82(27-31-85)41-61(95)96/h8-11,37,44-48,51-52,54-55,64H,7,12-36,38-43H2,1-6H3,(H,71,75)(H,72,87)(H,73,102)(H,74,103)(H,76,88)(H,77,104)(H,78,101)(H,89,90)(H,91,92)(H,93,94)(H,95,96)(H,97,98)(H,99,100)(H,105,106)(H,107,108)/t46?,47-,48?,51+,52?,54?,55?,64+/m1/s1. The first-order chi connectivity index (χ1) is 51.1. The number of carbonyl (C=O) groups excluding carboxylic acids is 6. The van der Waals surface area contributed by atoms with Gasteiger partial charge >= 0.3 is 47.8 Å². The smallest absolute Gasteiger partial charge is 0.320 e. The van der Waals surface area contributed by atoms with Gasteiger partial charge in [0.1, 0.15) is 30.2 Å². The van der Waals surface area contributed by atoms with Gasteiger partial charge in [-0.3, -0.25) is 106 Å². The van der Waals surface area contributed by atoms with Gasteiger partial charge in [0.15, 0.2) is 0 Å². The third-order valence-corrected chi connectivity index (χ3v) is 19.3. The fourth-order valence-electron chi connectivity index (χ4n) is 12.6. The van der Waals surface area contributed by atoms with Gasteiger partial charge < -0.3 is 77.7 Å². The lowest BCUT2D eigenvalue weighted by atomic mass is 9.91. The summed E-state index contributed by atoms with van der Waals surface area (Å²) in [5.41, 5.74) is 1.95. The van der Waals surface area contributed by atoms with E-state index in [-0.39, 0.29) is 174 Å². The number of benzene rings is 1. The van der Waals surface area contributed by atoms with E-state index in [2.05, 4.69) is 41.9 Å². The van der Waals surface area contributed by atoms with Crippen molar-refractivity contribution in [2.75, 3.05) is 151 Å². The highest BCUT2D eigenvalue weighted by Crippen LogP contribution is 2.23. The zero-order chi connectivity index (χ0) is 80.2. The van der Waals surface area contributed by atoms with Crippen molar-refractivity contribution in [3.05, 3.63) is 53.6 Å². The first-order valence-corrected chi connectivity index (χ1v) is 36.5. The Balaban J connectivity index is 1.54. The number of carboxylic acids is 8. The summed E-state index contributed by atoms with van der Waals surface area (Å²) in [4.78, 5) is 200. The SMILES string of the molecule is CCC(C)[C@H](NC(=O)C(C)[C@@H](C)c1cnc[nH]1)C(=O)NC(CC(C)C)C(=O)NCc1ccc(CNC(=O)[C@H](CCNC(=O)CCC(C(=O)O)N2CCN(CC(=O)O)CCN(CC(=O)O)CCN(CC(=O)O)CC2)NC(=O)CCC(C(=O)O)N2CCN(CC(=O)O)CCN(CC(=O)O)CCN(CC(=O)O)CC2)cc1. The summed E-state index contributed by atoms with van der Waals surface area (Å²) in [6.45, 7) is 8.37. The van der Waals surface area contributed by atoms with Crippen LogP contribution in [0.3, 0.4) is 0 Å². The van der Waals surface area contributed by atoms with E-state index in [1.165, 1.54) is 35.7 Å². The Labute approximate surface area is 627 Å². The average molecular weight is 1530 g/mol. The largest absolute Gasteiger partial charge is 0.480 e. The molecule has 0 spiro atoms. The molecule has 15 N–H and O–H groups in total. The zero-order valence-electron chi connectivity index (χ0n) is 62.6. The van der Waals surface area contributed by atoms with Gasteiger partial charge in [-0.25, -0.2) is 4.98 Å². The number of carbonyl (C=O) groups is 14. The highest BCUT2D eigenvalue weighted by molar-refractivity contribution is 5.93. The molecule has 38 heteroatoms. The second-order valence-corrected chi connectivity index (χ2v) is 28.0. The van der Waals surface area contributed by atoms with Crippen molar-refractivity contribution < 1.29 is 108 Å². The van der Waals surface area contributed by atoms with Crippen LogP contribution in [0.1, 0.15) is 109 Å². The summed E-state index contributed by atoms with van der Waals surface area (Å²) in [7, 11) is 0. The first-order valence-electron chi connectivity index (χ1n) is 36.5. The van der Waals surface area contributed by atoms with Crippen molar-refractivity contribution >= 4 is 83.2 Å². The molecule has 2 aromatic rings. The number of hydrogen-bond donors (Lipinski definition) is 15. The summed E-state index contributed by atoms with van der Waals surface area (Å²) >= 11 is 0. The average Bonchev–Trinajstić information content (AvgIpc) is 1.27. The van der Waals surface area contributed by atoms with E-state index in [0.717, 1.165) is 5.69 Å². The van der Waals surface area contributed by atoms with Gasteiger partial charge in [0.25, 0.3) is 0 Å². The number of nitrogens with zero attached hydrogens (tertiary/aromatic N) is 9. The van der Waals surface area contributed by atoms with Crippen LogP contribution in [-0.4, -0.2) is 354 Å². The molecular formula is C70H112N16O22. The van der Waals surface area contributed by atoms with Crippen molar-refractivity contribution in [3.63, 3.8) is 0 Å². The van der Waals surface area contributed by atoms with Crippen LogP contribution in [-0.2, 0) is 80.2 Å². The molecule has 0 aliphatic carbocycles.